The quantitative estimate of drug-likeness (QED) is 0.395. The van der Waals surface area contributed by atoms with Gasteiger partial charge in [0.15, 0.2) is 0 Å². The maximum Gasteiger partial charge on any atom is 0.269 e. The first-order valence-corrected chi connectivity index (χ1v) is 7.04. The van der Waals surface area contributed by atoms with Gasteiger partial charge >= 0.3 is 0 Å². The summed E-state index contributed by atoms with van der Waals surface area (Å²) in [6.07, 6.45) is 0. The summed E-state index contributed by atoms with van der Waals surface area (Å²) >= 11 is 0. The van der Waals surface area contributed by atoms with Crippen molar-refractivity contribution >= 4 is 17.3 Å². The van der Waals surface area contributed by atoms with Crippen LogP contribution in [0.1, 0.15) is 6.92 Å². The van der Waals surface area contributed by atoms with Gasteiger partial charge < -0.3 is 16.0 Å². The van der Waals surface area contributed by atoms with Crippen molar-refractivity contribution in [1.29, 1.82) is 0 Å². The minimum atomic E-state index is -0.430. The van der Waals surface area contributed by atoms with Crippen LogP contribution in [0, 0.1) is 22.0 Å². The van der Waals surface area contributed by atoms with Crippen molar-refractivity contribution in [2.45, 2.75) is 6.92 Å². The highest BCUT2D eigenvalue weighted by Gasteiger charge is 2.28. The van der Waals surface area contributed by atoms with Crippen molar-refractivity contribution in [2.75, 3.05) is 31.5 Å². The second-order valence-corrected chi connectivity index (χ2v) is 5.23. The summed E-state index contributed by atoms with van der Waals surface area (Å²) in [4.78, 5) is 22.0. The largest absolute Gasteiger partial charge is 0.383 e. The van der Waals surface area contributed by atoms with Crippen molar-refractivity contribution in [3.05, 3.63) is 34.4 Å². The van der Waals surface area contributed by atoms with Crippen LogP contribution >= 0.6 is 0 Å². The van der Waals surface area contributed by atoms with Crippen LogP contribution in [-0.2, 0) is 4.79 Å². The van der Waals surface area contributed by atoms with E-state index in [2.05, 4.69) is 16.0 Å². The van der Waals surface area contributed by atoms with E-state index in [4.69, 9.17) is 0 Å². The van der Waals surface area contributed by atoms with Crippen LogP contribution in [0.5, 0.6) is 0 Å². The molecule has 114 valence electrons. The van der Waals surface area contributed by atoms with Crippen molar-refractivity contribution in [1.82, 2.24) is 10.6 Å². The number of carbonyl (C=O) groups excluding carboxylic acids is 1. The van der Waals surface area contributed by atoms with Gasteiger partial charge in [0, 0.05) is 36.8 Å². The summed E-state index contributed by atoms with van der Waals surface area (Å²) in [7, 11) is 0. The SMILES string of the molecule is CC(C(=O)NCCNc1ccc([N+](=O)[O-])cc1)C1CNC1. The second-order valence-electron chi connectivity index (χ2n) is 5.23. The number of hydrogen-bond acceptors (Lipinski definition) is 5. The van der Waals surface area contributed by atoms with Gasteiger partial charge in [0.05, 0.1) is 4.92 Å². The Hall–Kier alpha value is -2.15. The van der Waals surface area contributed by atoms with E-state index >= 15 is 0 Å². The highest BCUT2D eigenvalue weighted by atomic mass is 16.6. The first-order valence-electron chi connectivity index (χ1n) is 7.04. The Labute approximate surface area is 123 Å². The molecule has 0 spiro atoms. The molecule has 1 fully saturated rings. The van der Waals surface area contributed by atoms with Crippen LogP contribution in [0.15, 0.2) is 24.3 Å². The third-order valence-corrected chi connectivity index (χ3v) is 3.77. The predicted octanol–water partition coefficient (Wildman–Crippen LogP) is 0.978. The fraction of sp³-hybridized carbons (Fsp3) is 0.500. The maximum absolute atomic E-state index is 11.9. The molecule has 0 saturated carbocycles. The van der Waals surface area contributed by atoms with Gasteiger partial charge in [-0.15, -0.1) is 0 Å². The van der Waals surface area contributed by atoms with Crippen LogP contribution in [0.3, 0.4) is 0 Å². The van der Waals surface area contributed by atoms with E-state index in [9.17, 15) is 14.9 Å². The van der Waals surface area contributed by atoms with Crippen molar-refractivity contribution in [3.63, 3.8) is 0 Å². The molecule has 21 heavy (non-hydrogen) atoms. The summed E-state index contributed by atoms with van der Waals surface area (Å²) in [5, 5.41) is 19.7. The monoisotopic (exact) mass is 292 g/mol. The lowest BCUT2D eigenvalue weighted by Gasteiger charge is -2.31. The second kappa shape index (κ2) is 7.03. The topological polar surface area (TPSA) is 96.3 Å². The van der Waals surface area contributed by atoms with E-state index in [-0.39, 0.29) is 17.5 Å². The summed E-state index contributed by atoms with van der Waals surface area (Å²) in [6.45, 7) is 4.88. The molecule has 1 amide bonds. The van der Waals surface area contributed by atoms with E-state index < -0.39 is 4.92 Å². The lowest BCUT2D eigenvalue weighted by Crippen LogP contribution is -2.50. The third-order valence-electron chi connectivity index (χ3n) is 3.77. The Morgan fingerprint density at radius 3 is 2.57 bits per heavy atom. The van der Waals surface area contributed by atoms with Crippen LogP contribution in [-0.4, -0.2) is 37.0 Å². The Balaban J connectivity index is 1.67. The van der Waals surface area contributed by atoms with Gasteiger partial charge in [-0.2, -0.15) is 0 Å². The van der Waals surface area contributed by atoms with Gasteiger partial charge in [0.1, 0.15) is 0 Å². The van der Waals surface area contributed by atoms with Gasteiger partial charge in [-0.3, -0.25) is 14.9 Å². The average molecular weight is 292 g/mol. The average Bonchev–Trinajstić information content (AvgIpc) is 2.42. The number of rotatable bonds is 7. The molecule has 1 aromatic rings. The number of nitrogens with zero attached hydrogens (tertiary/aromatic N) is 1. The number of nitro groups is 1. The summed E-state index contributed by atoms with van der Waals surface area (Å²) in [6, 6.07) is 6.21. The zero-order chi connectivity index (χ0) is 15.2. The molecule has 1 aromatic carbocycles. The molecule has 1 aliphatic rings. The first kappa shape index (κ1) is 15.2. The molecule has 2 rings (SSSR count). The van der Waals surface area contributed by atoms with Gasteiger partial charge in [-0.1, -0.05) is 6.92 Å². The molecule has 1 saturated heterocycles. The number of anilines is 1. The summed E-state index contributed by atoms with van der Waals surface area (Å²) < 4.78 is 0. The van der Waals surface area contributed by atoms with E-state index in [1.54, 1.807) is 12.1 Å². The van der Waals surface area contributed by atoms with Crippen LogP contribution in [0.25, 0.3) is 0 Å². The number of benzene rings is 1. The molecule has 0 radical (unpaired) electrons. The molecule has 1 unspecified atom stereocenters. The normalized spacial score (nSPS) is 15.9. The zero-order valence-electron chi connectivity index (χ0n) is 12.0. The zero-order valence-corrected chi connectivity index (χ0v) is 12.0. The third kappa shape index (κ3) is 4.16. The Morgan fingerprint density at radius 2 is 2.05 bits per heavy atom. The molecule has 1 aliphatic heterocycles. The van der Waals surface area contributed by atoms with E-state index in [1.165, 1.54) is 12.1 Å². The minimum Gasteiger partial charge on any atom is -0.383 e. The molecule has 7 nitrogen and oxygen atoms in total. The minimum absolute atomic E-state index is 0.0330. The van der Waals surface area contributed by atoms with E-state index in [0.29, 0.717) is 19.0 Å². The van der Waals surface area contributed by atoms with Crippen molar-refractivity contribution in [3.8, 4) is 0 Å². The smallest absolute Gasteiger partial charge is 0.269 e. The highest BCUT2D eigenvalue weighted by molar-refractivity contribution is 5.78. The van der Waals surface area contributed by atoms with Gasteiger partial charge in [0.25, 0.3) is 5.69 Å². The van der Waals surface area contributed by atoms with Crippen molar-refractivity contribution < 1.29 is 9.72 Å². The number of nitrogens with one attached hydrogen (secondary N) is 3. The number of nitro benzene ring substituents is 1. The fourth-order valence-corrected chi connectivity index (χ4v) is 2.13. The predicted molar refractivity (Wildman–Crippen MR) is 80.1 cm³/mol. The Kier molecular flexibility index (Phi) is 5.10. The standard InChI is InChI=1S/C14H20N4O3/c1-10(11-8-15-9-11)14(19)17-7-6-16-12-2-4-13(5-3-12)18(20)21/h2-5,10-11,15-16H,6-9H2,1H3,(H,17,19). The number of carbonyl (C=O) groups is 1. The van der Waals surface area contributed by atoms with Crippen molar-refractivity contribution in [2.24, 2.45) is 11.8 Å². The van der Waals surface area contributed by atoms with E-state index in [1.807, 2.05) is 6.92 Å². The number of hydrogen-bond donors (Lipinski definition) is 3. The molecular formula is C14H20N4O3. The van der Waals surface area contributed by atoms with Crippen LogP contribution in [0.2, 0.25) is 0 Å². The Morgan fingerprint density at radius 1 is 1.38 bits per heavy atom. The van der Waals surface area contributed by atoms with Gasteiger partial charge in [-0.25, -0.2) is 0 Å². The number of non-ortho nitro benzene ring substituents is 1. The Bertz CT molecular complexity index is 499. The van der Waals surface area contributed by atoms with Crippen LogP contribution in [0.4, 0.5) is 11.4 Å². The van der Waals surface area contributed by atoms with Gasteiger partial charge in [0.2, 0.25) is 5.91 Å². The molecule has 7 heteroatoms. The molecule has 1 atom stereocenters. The highest BCUT2D eigenvalue weighted by Crippen LogP contribution is 2.16. The number of amides is 1. The first-order chi connectivity index (χ1) is 10.1. The molecule has 1 heterocycles. The fourth-order valence-electron chi connectivity index (χ4n) is 2.13. The van der Waals surface area contributed by atoms with E-state index in [0.717, 1.165) is 18.8 Å². The van der Waals surface area contributed by atoms with Crippen LogP contribution < -0.4 is 16.0 Å². The molecule has 0 aliphatic carbocycles. The van der Waals surface area contributed by atoms with Gasteiger partial charge in [-0.05, 0) is 31.1 Å². The maximum atomic E-state index is 11.9. The summed E-state index contributed by atoms with van der Waals surface area (Å²) in [5.74, 6) is 0.547. The molecule has 3 N–H and O–H groups in total. The molecular weight excluding hydrogens is 272 g/mol. The molecule has 0 aromatic heterocycles. The lowest BCUT2D eigenvalue weighted by molar-refractivity contribution is -0.384. The summed E-state index contributed by atoms with van der Waals surface area (Å²) in [5.41, 5.74) is 0.864. The molecule has 0 bridgehead atoms. The lowest BCUT2D eigenvalue weighted by atomic mass is 9.88.